The SMILES string of the molecule is Cc1ccccc1[C@@H]1CC(=O)NC(SCC(=O)Nc2ccc([N+](=O)[O-])cc2)=C1C#N. The number of amides is 2. The van der Waals surface area contributed by atoms with Crippen LogP contribution in [0, 0.1) is 28.4 Å². The first-order valence-corrected chi connectivity index (χ1v) is 10.0. The highest BCUT2D eigenvalue weighted by Crippen LogP contribution is 2.37. The van der Waals surface area contributed by atoms with Crippen molar-refractivity contribution in [3.05, 3.63) is 80.4 Å². The topological polar surface area (TPSA) is 125 Å². The Morgan fingerprint density at radius 1 is 1.30 bits per heavy atom. The average molecular weight is 422 g/mol. The first kappa shape index (κ1) is 21.1. The molecule has 1 heterocycles. The van der Waals surface area contributed by atoms with E-state index in [1.807, 2.05) is 31.2 Å². The van der Waals surface area contributed by atoms with Crippen molar-refractivity contribution in [3.63, 3.8) is 0 Å². The fourth-order valence-electron chi connectivity index (χ4n) is 3.18. The number of rotatable bonds is 6. The van der Waals surface area contributed by atoms with Gasteiger partial charge in [0.15, 0.2) is 0 Å². The number of nitrogens with zero attached hydrogens (tertiary/aromatic N) is 2. The van der Waals surface area contributed by atoms with Gasteiger partial charge in [0.2, 0.25) is 11.8 Å². The van der Waals surface area contributed by atoms with Gasteiger partial charge in [-0.1, -0.05) is 36.0 Å². The number of carbonyl (C=O) groups is 2. The molecule has 2 aromatic carbocycles. The molecule has 2 N–H and O–H groups in total. The molecule has 30 heavy (non-hydrogen) atoms. The van der Waals surface area contributed by atoms with Gasteiger partial charge < -0.3 is 10.6 Å². The maximum atomic E-state index is 12.3. The molecule has 3 rings (SSSR count). The lowest BCUT2D eigenvalue weighted by molar-refractivity contribution is -0.384. The summed E-state index contributed by atoms with van der Waals surface area (Å²) in [7, 11) is 0. The van der Waals surface area contributed by atoms with Crippen LogP contribution in [0.2, 0.25) is 0 Å². The van der Waals surface area contributed by atoms with Crippen molar-refractivity contribution in [2.45, 2.75) is 19.3 Å². The molecule has 152 valence electrons. The zero-order valence-electron chi connectivity index (χ0n) is 16.0. The monoisotopic (exact) mass is 422 g/mol. The first-order chi connectivity index (χ1) is 14.4. The summed E-state index contributed by atoms with van der Waals surface area (Å²) in [6, 6.07) is 15.3. The molecule has 0 aliphatic carbocycles. The van der Waals surface area contributed by atoms with E-state index in [1.54, 1.807) is 0 Å². The molecule has 0 spiro atoms. The van der Waals surface area contributed by atoms with Gasteiger partial charge in [0, 0.05) is 30.2 Å². The van der Waals surface area contributed by atoms with Gasteiger partial charge in [0.25, 0.3) is 5.69 Å². The zero-order valence-corrected chi connectivity index (χ0v) is 16.9. The Bertz CT molecular complexity index is 1070. The minimum absolute atomic E-state index is 0.0295. The van der Waals surface area contributed by atoms with Gasteiger partial charge in [-0.3, -0.25) is 19.7 Å². The third-order valence-corrected chi connectivity index (χ3v) is 5.65. The molecule has 1 atom stereocenters. The second-order valence-corrected chi connectivity index (χ2v) is 7.64. The molecular formula is C21H18N4O4S. The van der Waals surface area contributed by atoms with Gasteiger partial charge in [-0.2, -0.15) is 5.26 Å². The minimum atomic E-state index is -0.520. The number of hydrogen-bond acceptors (Lipinski definition) is 6. The Balaban J connectivity index is 1.73. The zero-order chi connectivity index (χ0) is 21.7. The normalized spacial score (nSPS) is 15.9. The summed E-state index contributed by atoms with van der Waals surface area (Å²) in [5, 5.41) is 26.1. The largest absolute Gasteiger partial charge is 0.325 e. The van der Waals surface area contributed by atoms with Crippen LogP contribution in [0.15, 0.2) is 59.1 Å². The van der Waals surface area contributed by atoms with Crippen molar-refractivity contribution in [1.82, 2.24) is 5.32 Å². The van der Waals surface area contributed by atoms with Crippen LogP contribution in [0.25, 0.3) is 0 Å². The van der Waals surface area contributed by atoms with E-state index < -0.39 is 4.92 Å². The summed E-state index contributed by atoms with van der Waals surface area (Å²) in [6.45, 7) is 1.93. The Labute approximate surface area is 177 Å². The minimum Gasteiger partial charge on any atom is -0.325 e. The predicted molar refractivity (Wildman–Crippen MR) is 114 cm³/mol. The molecule has 0 fully saturated rings. The molecule has 1 aliphatic rings. The third-order valence-electron chi connectivity index (χ3n) is 4.63. The lowest BCUT2D eigenvalue weighted by Crippen LogP contribution is -2.31. The second kappa shape index (κ2) is 9.24. The Hall–Kier alpha value is -3.64. The number of anilines is 1. The van der Waals surface area contributed by atoms with E-state index in [4.69, 9.17) is 0 Å². The highest BCUT2D eigenvalue weighted by Gasteiger charge is 2.30. The molecule has 2 amide bonds. The van der Waals surface area contributed by atoms with E-state index in [0.29, 0.717) is 16.3 Å². The highest BCUT2D eigenvalue weighted by atomic mass is 32.2. The summed E-state index contributed by atoms with van der Waals surface area (Å²) in [5.74, 6) is -0.949. The molecule has 1 aliphatic heterocycles. The maximum Gasteiger partial charge on any atom is 0.269 e. The van der Waals surface area contributed by atoms with Crippen LogP contribution in [-0.2, 0) is 9.59 Å². The van der Waals surface area contributed by atoms with Crippen molar-refractivity contribution < 1.29 is 14.5 Å². The predicted octanol–water partition coefficient (Wildman–Crippen LogP) is 3.61. The second-order valence-electron chi connectivity index (χ2n) is 6.66. The lowest BCUT2D eigenvalue weighted by Gasteiger charge is -2.26. The average Bonchev–Trinajstić information content (AvgIpc) is 2.72. The number of aryl methyl sites for hydroxylation is 1. The summed E-state index contributed by atoms with van der Waals surface area (Å²) in [4.78, 5) is 34.7. The van der Waals surface area contributed by atoms with Gasteiger partial charge in [-0.25, -0.2) is 0 Å². The van der Waals surface area contributed by atoms with E-state index in [9.17, 15) is 25.0 Å². The molecule has 9 heteroatoms. The molecule has 0 unspecified atom stereocenters. The van der Waals surface area contributed by atoms with Gasteiger partial charge in [0.1, 0.15) is 0 Å². The number of carbonyl (C=O) groups excluding carboxylic acids is 2. The van der Waals surface area contributed by atoms with Crippen LogP contribution in [0.3, 0.4) is 0 Å². The fourth-order valence-corrected chi connectivity index (χ4v) is 4.05. The number of nitriles is 1. The smallest absolute Gasteiger partial charge is 0.269 e. The molecule has 2 aromatic rings. The van der Waals surface area contributed by atoms with Crippen LogP contribution < -0.4 is 10.6 Å². The summed E-state index contributed by atoms with van der Waals surface area (Å²) >= 11 is 1.08. The maximum absolute atomic E-state index is 12.3. The number of nitro benzene ring substituents is 1. The number of thioether (sulfide) groups is 1. The van der Waals surface area contributed by atoms with Gasteiger partial charge >= 0.3 is 0 Å². The summed E-state index contributed by atoms with van der Waals surface area (Å²) in [6.07, 6.45) is 0.173. The summed E-state index contributed by atoms with van der Waals surface area (Å²) in [5.41, 5.74) is 2.68. The van der Waals surface area contributed by atoms with Crippen molar-refractivity contribution in [1.29, 1.82) is 5.26 Å². The molecular weight excluding hydrogens is 404 g/mol. The van der Waals surface area contributed by atoms with Crippen molar-refractivity contribution in [2.24, 2.45) is 0 Å². The number of hydrogen-bond donors (Lipinski definition) is 2. The van der Waals surface area contributed by atoms with Gasteiger partial charge in [-0.15, -0.1) is 0 Å². The molecule has 0 bridgehead atoms. The number of non-ortho nitro benzene ring substituents is 1. The van der Waals surface area contributed by atoms with Crippen LogP contribution >= 0.6 is 11.8 Å². The number of allylic oxidation sites excluding steroid dienone is 1. The molecule has 0 aromatic heterocycles. The number of benzene rings is 2. The van der Waals surface area contributed by atoms with Gasteiger partial charge in [-0.05, 0) is 30.2 Å². The van der Waals surface area contributed by atoms with Gasteiger partial charge in [0.05, 0.1) is 27.3 Å². The van der Waals surface area contributed by atoms with E-state index >= 15 is 0 Å². The van der Waals surface area contributed by atoms with Crippen LogP contribution in [0.5, 0.6) is 0 Å². The van der Waals surface area contributed by atoms with Crippen LogP contribution in [-0.4, -0.2) is 22.5 Å². The van der Waals surface area contributed by atoms with E-state index in [2.05, 4.69) is 16.7 Å². The van der Waals surface area contributed by atoms with E-state index in [0.717, 1.165) is 22.9 Å². The molecule has 8 nitrogen and oxygen atoms in total. The quantitative estimate of drug-likeness (QED) is 0.541. The molecule has 0 radical (unpaired) electrons. The number of nitro groups is 1. The van der Waals surface area contributed by atoms with E-state index in [-0.39, 0.29) is 35.6 Å². The van der Waals surface area contributed by atoms with E-state index in [1.165, 1.54) is 24.3 Å². The van der Waals surface area contributed by atoms with Crippen molar-refractivity contribution in [2.75, 3.05) is 11.1 Å². The summed E-state index contributed by atoms with van der Waals surface area (Å²) < 4.78 is 0. The van der Waals surface area contributed by atoms with Crippen LogP contribution in [0.1, 0.15) is 23.5 Å². The Kier molecular flexibility index (Phi) is 6.49. The molecule has 0 saturated heterocycles. The standard InChI is InChI=1S/C21H18N4O4S/c1-13-4-2-3-5-16(13)17-10-19(26)24-21(18(17)11-22)30-12-20(27)23-14-6-8-15(9-7-14)25(28)29/h2-9,17H,10,12H2,1H3,(H,23,27)(H,24,26)/t17-/m0/s1. The highest BCUT2D eigenvalue weighted by molar-refractivity contribution is 8.03. The van der Waals surface area contributed by atoms with Crippen LogP contribution in [0.4, 0.5) is 11.4 Å². The lowest BCUT2D eigenvalue weighted by atomic mass is 9.85. The van der Waals surface area contributed by atoms with Crippen molar-refractivity contribution >= 4 is 35.0 Å². The molecule has 0 saturated carbocycles. The Morgan fingerprint density at radius 2 is 2.00 bits per heavy atom. The fraction of sp³-hybridized carbons (Fsp3) is 0.190. The van der Waals surface area contributed by atoms with Crippen molar-refractivity contribution in [3.8, 4) is 6.07 Å². The first-order valence-electron chi connectivity index (χ1n) is 9.05. The number of nitrogens with one attached hydrogen (secondary N) is 2. The Morgan fingerprint density at radius 3 is 2.63 bits per heavy atom. The third kappa shape index (κ3) is 4.85.